The molecular weight excluding hydrogens is 2000 g/mol. The molecule has 0 radical (unpaired) electrons. The van der Waals surface area contributed by atoms with Crippen LogP contribution < -0.4 is 23.7 Å². The standard InChI is InChI=1S/C31H31Cl2N3O4.C30H27Cl2N5O3.C27H27ClN4O3.C24H26Cl2N2O3/c32-22-4-9-25(10-5-22)40-31(37)36-14-12-26-27-20-23(33)6-11-28(27)34-29(26)30(36)21-2-7-24(8-3-21)39-17-1-13-35-15-18-38-19-16-35;31-22-8-11-27-25(16-22)24-12-14-37(30(38)40-17-21-4-1-2-5-26(21)32)29(28(24)35-27)20-6-9-23(10-7-20)39-15-3-13-36-19-33-18-34-36;1-18(2)35-27(33)32-13-10-22-23-16-20(28)6-9-24(23)30-25(22)26(32)19-4-7-21(8-5-19)34-15-3-12-31-14-11-29-17-31;1-2-13-31-24(29)28-12-10-19-20-15-17(26)6-9-21(20)27-22(19)23(28)16-4-7-18(8-5-16)30-14-3-11-25/h2-11,20,30,34H,1,12-19H2;1-2,4-11,16,18-19,29,35H,3,12-15,17H2;4-9,11,14,16-17,26,30H,1,3,10,12-13,15H2,2H3;4-9,15,23,27H,2-3,10-14H2,1H3. The fourth-order valence-corrected chi connectivity index (χ4v) is 20.5. The highest BCUT2D eigenvalue weighted by atomic mass is 35.5. The van der Waals surface area contributed by atoms with E-state index in [0.717, 1.165) is 207 Å². The van der Waals surface area contributed by atoms with E-state index < -0.39 is 18.3 Å². The van der Waals surface area contributed by atoms with Crippen LogP contribution in [0.25, 0.3) is 43.6 Å². The van der Waals surface area contributed by atoms with Gasteiger partial charge >= 0.3 is 24.4 Å². The van der Waals surface area contributed by atoms with E-state index in [1.54, 1.807) is 80.4 Å². The van der Waals surface area contributed by atoms with E-state index >= 15 is 0 Å². The van der Waals surface area contributed by atoms with E-state index in [2.05, 4.69) is 46.5 Å². The summed E-state index contributed by atoms with van der Waals surface area (Å²) in [5.41, 5.74) is 17.2. The fraction of sp³-hybridized carbons (Fsp3) is 0.295. The molecule has 21 rings (SSSR count). The minimum atomic E-state index is -0.418. The van der Waals surface area contributed by atoms with Gasteiger partial charge in [0.25, 0.3) is 0 Å². The third-order valence-corrected chi connectivity index (χ3v) is 28.1. The van der Waals surface area contributed by atoms with Gasteiger partial charge in [0.1, 0.15) is 72.2 Å². The minimum absolute atomic E-state index is 0.0955. The Morgan fingerprint density at radius 2 is 0.808 bits per heavy atom. The number of carbonyl (C=O) groups is 4. The first-order chi connectivity index (χ1) is 71.2. The zero-order chi connectivity index (χ0) is 101. The van der Waals surface area contributed by atoms with E-state index in [1.807, 2.05) is 206 Å². The number of hydrogen-bond acceptors (Lipinski definition) is 17. The number of imidazole rings is 1. The maximum absolute atomic E-state index is 13.5. The molecule has 1 saturated heterocycles. The SMILES string of the molecule is C=C(C)OC(=O)N1CCc2c([nH]c3ccc(Cl)cc23)C1c1ccc(OCCCn2ccnc2)cc1.CCCOC(=O)N1CCc2c([nH]c3ccc(Cl)cc23)C1c1ccc(OCCCCl)cc1.O=C(OCc1ccccc1Cl)N1CCc2c([nH]c3ccc(Cl)cc23)C1c1ccc(OCCCn2cncn2)cc1.O=C(Oc1ccc(Cl)cc1)N1CCc2c([nH]c3ccc(Cl)cc23)C1c1ccc(OCCCN2CCOCC2)cc1. The molecule has 11 heterocycles. The maximum atomic E-state index is 13.5. The molecule has 4 amide bonds. The van der Waals surface area contributed by atoms with Gasteiger partial charge in [-0.15, -0.1) is 11.6 Å². The van der Waals surface area contributed by atoms with Crippen LogP contribution in [0.4, 0.5) is 19.2 Å². The Morgan fingerprint density at radius 1 is 0.418 bits per heavy atom. The number of H-pyrrole nitrogens is 4. The smallest absolute Gasteiger partial charge is 0.416 e. The van der Waals surface area contributed by atoms with Crippen LogP contribution in [0.3, 0.4) is 0 Å². The van der Waals surface area contributed by atoms with Crippen molar-refractivity contribution in [3.63, 3.8) is 0 Å². The Hall–Kier alpha value is -13.3. The fourth-order valence-electron chi connectivity index (χ4n) is 19.3. The van der Waals surface area contributed by atoms with Gasteiger partial charge in [-0.05, 0) is 254 Å². The van der Waals surface area contributed by atoms with Crippen molar-refractivity contribution in [3.05, 3.63) is 365 Å². The van der Waals surface area contributed by atoms with Gasteiger partial charge in [-0.2, -0.15) is 5.10 Å². The molecular formula is C112H111Cl7N14O13. The van der Waals surface area contributed by atoms with Crippen molar-refractivity contribution in [2.45, 2.75) is 115 Å². The summed E-state index contributed by atoms with van der Waals surface area (Å²) in [7, 11) is 0. The highest BCUT2D eigenvalue weighted by molar-refractivity contribution is 6.33. The van der Waals surface area contributed by atoms with E-state index in [-0.39, 0.29) is 36.9 Å². The van der Waals surface area contributed by atoms with Gasteiger partial charge in [-0.3, -0.25) is 29.2 Å². The van der Waals surface area contributed by atoms with Crippen molar-refractivity contribution in [3.8, 4) is 28.7 Å². The highest BCUT2D eigenvalue weighted by Crippen LogP contribution is 2.46. The number of carbonyl (C=O) groups excluding carboxylic acids is 4. The number of ether oxygens (including phenoxy) is 9. The van der Waals surface area contributed by atoms with Crippen LogP contribution in [0.5, 0.6) is 28.7 Å². The quantitative estimate of drug-likeness (QED) is 0.0147. The zero-order valence-corrected chi connectivity index (χ0v) is 86.0. The molecule has 4 unspecified atom stereocenters. The number of rotatable bonds is 29. The van der Waals surface area contributed by atoms with E-state index in [4.69, 9.17) is 124 Å². The lowest BCUT2D eigenvalue weighted by atomic mass is 9.92. The van der Waals surface area contributed by atoms with Crippen LogP contribution >= 0.6 is 81.2 Å². The first-order valence-corrected chi connectivity index (χ1v) is 51.8. The molecule has 34 heteroatoms. The van der Waals surface area contributed by atoms with Crippen molar-refractivity contribution in [1.82, 2.24) is 68.8 Å². The molecule has 4 atom stereocenters. The number of nitrogens with one attached hydrogen (secondary N) is 4. The summed E-state index contributed by atoms with van der Waals surface area (Å²) >= 11 is 43.2. The van der Waals surface area contributed by atoms with E-state index in [0.29, 0.717) is 126 Å². The van der Waals surface area contributed by atoms with E-state index in [1.165, 1.54) is 23.0 Å². The summed E-state index contributed by atoms with van der Waals surface area (Å²) in [6.45, 7) is 18.5. The lowest BCUT2D eigenvalue weighted by molar-refractivity contribution is 0.0358. The number of aromatic nitrogens is 9. The predicted molar refractivity (Wildman–Crippen MR) is 571 cm³/mol. The predicted octanol–water partition coefficient (Wildman–Crippen LogP) is 26.0. The van der Waals surface area contributed by atoms with Crippen LogP contribution in [0, 0.1) is 0 Å². The van der Waals surface area contributed by atoms with Crippen molar-refractivity contribution in [2.24, 2.45) is 0 Å². The molecule has 146 heavy (non-hydrogen) atoms. The van der Waals surface area contributed by atoms with Crippen LogP contribution in [-0.2, 0) is 64.3 Å². The summed E-state index contributed by atoms with van der Waals surface area (Å²) in [6.07, 6.45) is 14.2. The number of halogens is 7. The topological polar surface area (TPSA) is 279 Å². The maximum Gasteiger partial charge on any atom is 0.416 e. The van der Waals surface area contributed by atoms with E-state index in [9.17, 15) is 19.2 Å². The van der Waals surface area contributed by atoms with Crippen LogP contribution in [0.1, 0.15) is 143 Å². The lowest BCUT2D eigenvalue weighted by Crippen LogP contribution is -2.42. The van der Waals surface area contributed by atoms with Crippen LogP contribution in [0.2, 0.25) is 30.1 Å². The van der Waals surface area contributed by atoms with Crippen LogP contribution in [-0.4, -0.2) is 191 Å². The van der Waals surface area contributed by atoms with Gasteiger partial charge in [-0.1, -0.05) is 150 Å². The second kappa shape index (κ2) is 48.8. The zero-order valence-electron chi connectivity index (χ0n) is 80.7. The number of aromatic amines is 4. The van der Waals surface area contributed by atoms with Crippen LogP contribution in [0.15, 0.2) is 262 Å². The number of alkyl halides is 1. The number of nitrogens with zero attached hydrogens (tertiary/aromatic N) is 10. The summed E-state index contributed by atoms with van der Waals surface area (Å²) < 4.78 is 55.3. The Kier molecular flexibility index (Phi) is 34.3. The number of amides is 4. The summed E-state index contributed by atoms with van der Waals surface area (Å²) in [4.78, 5) is 84.5. The summed E-state index contributed by atoms with van der Waals surface area (Å²) in [5.74, 6) is 4.52. The molecule has 5 aliphatic rings. The van der Waals surface area contributed by atoms with Gasteiger partial charge in [-0.25, -0.2) is 29.1 Å². The molecule has 27 nitrogen and oxygen atoms in total. The number of aryl methyl sites for hydroxylation is 2. The summed E-state index contributed by atoms with van der Waals surface area (Å²) in [6, 6.07) is 67.8. The second-order valence-corrected chi connectivity index (χ2v) is 39.0. The molecule has 1 fully saturated rings. The first kappa shape index (κ1) is 103. The molecule has 0 bridgehead atoms. The monoisotopic (exact) mass is 2100 g/mol. The Balaban J connectivity index is 0.000000128. The van der Waals surface area contributed by atoms with Gasteiger partial charge in [0.05, 0.1) is 58.3 Å². The van der Waals surface area contributed by atoms with Crippen molar-refractivity contribution >= 4 is 149 Å². The normalized spacial score (nSPS) is 15.8. The summed E-state index contributed by atoms with van der Waals surface area (Å²) in [5, 5.41) is 12.4. The largest absolute Gasteiger partial charge is 0.494 e. The molecule has 4 N–H and O–H groups in total. The molecule has 6 aromatic heterocycles. The Bertz CT molecular complexity index is 7170. The van der Waals surface area contributed by atoms with Gasteiger partial charge in [0, 0.05) is 186 Å². The average molecular weight is 2110 g/mol. The number of hydrogen-bond donors (Lipinski definition) is 4. The Morgan fingerprint density at radius 3 is 1.21 bits per heavy atom. The molecule has 756 valence electrons. The second-order valence-electron chi connectivity index (χ2n) is 36.1. The average Bonchev–Trinajstić information content (AvgIpc) is 1.60. The number of morpholine rings is 1. The molecule has 0 aliphatic carbocycles. The minimum Gasteiger partial charge on any atom is -0.494 e. The Labute approximate surface area is 880 Å². The molecule has 0 saturated carbocycles. The molecule has 16 aromatic rings. The van der Waals surface area contributed by atoms with Crippen molar-refractivity contribution < 1.29 is 61.8 Å². The van der Waals surface area contributed by atoms with Crippen molar-refractivity contribution in [2.75, 3.05) is 97.9 Å². The lowest BCUT2D eigenvalue weighted by Gasteiger charge is -2.35. The van der Waals surface area contributed by atoms with Gasteiger partial charge < -0.3 is 67.1 Å². The molecule has 10 aromatic carbocycles. The first-order valence-electron chi connectivity index (χ1n) is 49.0. The third-order valence-electron chi connectivity index (χ3n) is 26.3. The molecule has 5 aliphatic heterocycles. The number of benzene rings is 10. The van der Waals surface area contributed by atoms with Gasteiger partial charge in [0.15, 0.2) is 0 Å². The van der Waals surface area contributed by atoms with Gasteiger partial charge in [0.2, 0.25) is 0 Å². The number of allylic oxidation sites excluding steroid dienone is 1. The van der Waals surface area contributed by atoms with Crippen molar-refractivity contribution in [1.29, 1.82) is 0 Å². The molecule has 0 spiro atoms. The number of fused-ring (bicyclic) bond motifs is 12. The third kappa shape index (κ3) is 25.0. The highest BCUT2D eigenvalue weighted by Gasteiger charge is 2.41.